The van der Waals surface area contributed by atoms with E-state index in [1.54, 1.807) is 17.2 Å². The number of carbonyl (C=O) groups excluding carboxylic acids is 1. The van der Waals surface area contributed by atoms with Crippen molar-refractivity contribution in [1.82, 2.24) is 24.6 Å². The third-order valence-electron chi connectivity index (χ3n) is 4.60. The molecule has 0 unspecified atom stereocenters. The number of rotatable bonds is 6. The molecule has 1 aliphatic carbocycles. The summed E-state index contributed by atoms with van der Waals surface area (Å²) in [5.41, 5.74) is 2.10. The lowest BCUT2D eigenvalue weighted by molar-refractivity contribution is 0.247. The molecule has 1 aliphatic rings. The van der Waals surface area contributed by atoms with Crippen LogP contribution in [0.3, 0.4) is 0 Å². The zero-order valence-electron chi connectivity index (χ0n) is 14.7. The predicted molar refractivity (Wildman–Crippen MR) is 98.7 cm³/mol. The van der Waals surface area contributed by atoms with Crippen LogP contribution in [0, 0.1) is 0 Å². The molecule has 0 bridgehead atoms. The molecule has 0 aliphatic heterocycles. The van der Waals surface area contributed by atoms with Gasteiger partial charge in [0.25, 0.3) is 0 Å². The molecule has 1 saturated carbocycles. The Morgan fingerprint density at radius 2 is 2.12 bits per heavy atom. The van der Waals surface area contributed by atoms with Crippen LogP contribution in [0.4, 0.5) is 10.6 Å². The number of carbonyl (C=O) groups is 1. The van der Waals surface area contributed by atoms with Crippen molar-refractivity contribution in [2.75, 3.05) is 5.32 Å². The van der Waals surface area contributed by atoms with E-state index in [4.69, 9.17) is 0 Å². The van der Waals surface area contributed by atoms with E-state index in [-0.39, 0.29) is 12.1 Å². The zero-order valence-corrected chi connectivity index (χ0v) is 14.7. The summed E-state index contributed by atoms with van der Waals surface area (Å²) >= 11 is 0. The molecule has 0 radical (unpaired) electrons. The van der Waals surface area contributed by atoms with Crippen molar-refractivity contribution in [3.63, 3.8) is 0 Å². The van der Waals surface area contributed by atoms with E-state index in [1.165, 1.54) is 12.8 Å². The minimum absolute atomic E-state index is 0.165. The lowest BCUT2D eigenvalue weighted by Gasteiger charge is -2.20. The second-order valence-electron chi connectivity index (χ2n) is 6.67. The standard InChI is InChI=1S/C19H22N6O/c1-24-18(11-16(23-24)15-7-8-15)22-19(26)21-17(12-25-10-9-20-13-25)14-5-3-2-4-6-14/h2-6,9-11,13,15,17H,7-8,12H2,1H3,(H2,21,22,26)/t17-/m1/s1. The summed E-state index contributed by atoms with van der Waals surface area (Å²) in [5, 5.41) is 10.5. The van der Waals surface area contributed by atoms with E-state index in [2.05, 4.69) is 20.7 Å². The summed E-state index contributed by atoms with van der Waals surface area (Å²) in [6.07, 6.45) is 7.74. The second kappa shape index (κ2) is 7.03. The average molecular weight is 350 g/mol. The molecule has 1 aromatic carbocycles. The quantitative estimate of drug-likeness (QED) is 0.717. The highest BCUT2D eigenvalue weighted by atomic mass is 16.2. The minimum atomic E-state index is -0.246. The van der Waals surface area contributed by atoms with Gasteiger partial charge >= 0.3 is 6.03 Å². The number of aryl methyl sites for hydroxylation is 1. The van der Waals surface area contributed by atoms with Gasteiger partial charge in [0.15, 0.2) is 0 Å². The van der Waals surface area contributed by atoms with Crippen molar-refractivity contribution >= 4 is 11.8 Å². The van der Waals surface area contributed by atoms with Crippen LogP contribution in [-0.4, -0.2) is 25.4 Å². The molecule has 2 heterocycles. The third kappa shape index (κ3) is 3.77. The van der Waals surface area contributed by atoms with E-state index in [9.17, 15) is 4.79 Å². The molecular formula is C19H22N6O. The summed E-state index contributed by atoms with van der Waals surface area (Å²) in [4.78, 5) is 16.7. The van der Waals surface area contributed by atoms with E-state index in [0.717, 1.165) is 11.3 Å². The molecule has 7 heteroatoms. The number of nitrogens with zero attached hydrogens (tertiary/aromatic N) is 4. The Balaban J connectivity index is 1.47. The number of aromatic nitrogens is 4. The highest BCUT2D eigenvalue weighted by Gasteiger charge is 2.27. The van der Waals surface area contributed by atoms with Crippen LogP contribution in [0.5, 0.6) is 0 Å². The minimum Gasteiger partial charge on any atom is -0.335 e. The summed E-state index contributed by atoms with van der Waals surface area (Å²) in [5.74, 6) is 1.26. The predicted octanol–water partition coefficient (Wildman–Crippen LogP) is 3.06. The number of urea groups is 1. The maximum atomic E-state index is 12.6. The topological polar surface area (TPSA) is 76.8 Å². The van der Waals surface area contributed by atoms with Gasteiger partial charge in [-0.15, -0.1) is 0 Å². The lowest BCUT2D eigenvalue weighted by atomic mass is 10.1. The van der Waals surface area contributed by atoms with Crippen LogP contribution in [-0.2, 0) is 13.6 Å². The first kappa shape index (κ1) is 16.4. The van der Waals surface area contributed by atoms with E-state index in [1.807, 2.05) is 54.2 Å². The molecule has 0 spiro atoms. The zero-order chi connectivity index (χ0) is 17.9. The Morgan fingerprint density at radius 1 is 1.31 bits per heavy atom. The molecule has 3 aromatic rings. The first-order chi connectivity index (χ1) is 12.7. The Morgan fingerprint density at radius 3 is 2.81 bits per heavy atom. The number of amides is 2. The fraction of sp³-hybridized carbons (Fsp3) is 0.316. The van der Waals surface area contributed by atoms with Crippen molar-refractivity contribution in [1.29, 1.82) is 0 Å². The van der Waals surface area contributed by atoms with Gasteiger partial charge in [-0.1, -0.05) is 30.3 Å². The molecule has 2 N–H and O–H groups in total. The third-order valence-corrected chi connectivity index (χ3v) is 4.60. The van der Waals surface area contributed by atoms with Gasteiger partial charge in [0.05, 0.1) is 18.1 Å². The number of benzene rings is 1. The fourth-order valence-corrected chi connectivity index (χ4v) is 3.02. The van der Waals surface area contributed by atoms with E-state index < -0.39 is 0 Å². The van der Waals surface area contributed by atoms with Gasteiger partial charge in [0.2, 0.25) is 0 Å². The first-order valence-electron chi connectivity index (χ1n) is 8.81. The average Bonchev–Trinajstić information content (AvgIpc) is 3.26. The molecule has 26 heavy (non-hydrogen) atoms. The van der Waals surface area contributed by atoms with E-state index in [0.29, 0.717) is 18.3 Å². The molecule has 1 fully saturated rings. The molecule has 2 amide bonds. The van der Waals surface area contributed by atoms with Crippen LogP contribution < -0.4 is 10.6 Å². The van der Waals surface area contributed by atoms with Crippen LogP contribution in [0.2, 0.25) is 0 Å². The summed E-state index contributed by atoms with van der Waals surface area (Å²) in [6, 6.07) is 11.5. The number of hydrogen-bond acceptors (Lipinski definition) is 3. The summed E-state index contributed by atoms with van der Waals surface area (Å²) in [6.45, 7) is 0.607. The second-order valence-corrected chi connectivity index (χ2v) is 6.67. The molecule has 2 aromatic heterocycles. The van der Waals surface area contributed by atoms with Crippen molar-refractivity contribution < 1.29 is 4.79 Å². The molecular weight excluding hydrogens is 328 g/mol. The summed E-state index contributed by atoms with van der Waals surface area (Å²) < 4.78 is 3.67. The maximum absolute atomic E-state index is 12.6. The van der Waals surface area contributed by atoms with E-state index >= 15 is 0 Å². The van der Waals surface area contributed by atoms with Crippen LogP contribution in [0.25, 0.3) is 0 Å². The van der Waals surface area contributed by atoms with Gasteiger partial charge in [0.1, 0.15) is 5.82 Å². The first-order valence-corrected chi connectivity index (χ1v) is 8.81. The van der Waals surface area contributed by atoms with Crippen LogP contribution in [0.15, 0.2) is 55.1 Å². The van der Waals surface area contributed by atoms with Crippen molar-refractivity contribution in [2.45, 2.75) is 31.3 Å². The molecule has 0 saturated heterocycles. The Hall–Kier alpha value is -3.09. The lowest BCUT2D eigenvalue weighted by Crippen LogP contribution is -2.35. The molecule has 7 nitrogen and oxygen atoms in total. The van der Waals surface area contributed by atoms with Crippen LogP contribution in [0.1, 0.15) is 36.1 Å². The molecule has 1 atom stereocenters. The number of imidazole rings is 1. The van der Waals surface area contributed by atoms with Gasteiger partial charge in [0, 0.05) is 38.0 Å². The Kier molecular flexibility index (Phi) is 4.43. The smallest absolute Gasteiger partial charge is 0.320 e. The SMILES string of the molecule is Cn1nc(C2CC2)cc1NC(=O)N[C@H](Cn1ccnc1)c1ccccc1. The molecule has 134 valence electrons. The van der Waals surface area contributed by atoms with Gasteiger partial charge in [-0.05, 0) is 18.4 Å². The molecule has 4 rings (SSSR count). The fourth-order valence-electron chi connectivity index (χ4n) is 3.02. The number of hydrogen-bond donors (Lipinski definition) is 2. The Bertz CT molecular complexity index is 867. The maximum Gasteiger partial charge on any atom is 0.320 e. The van der Waals surface area contributed by atoms with Crippen molar-refractivity contribution in [3.05, 3.63) is 66.4 Å². The van der Waals surface area contributed by atoms with Crippen LogP contribution >= 0.6 is 0 Å². The highest BCUT2D eigenvalue weighted by molar-refractivity contribution is 5.88. The van der Waals surface area contributed by atoms with Crippen molar-refractivity contribution in [3.8, 4) is 0 Å². The largest absolute Gasteiger partial charge is 0.335 e. The number of anilines is 1. The normalized spacial score (nSPS) is 14.8. The highest BCUT2D eigenvalue weighted by Crippen LogP contribution is 2.39. The number of nitrogens with one attached hydrogen (secondary N) is 2. The van der Waals surface area contributed by atoms with Gasteiger partial charge < -0.3 is 9.88 Å². The van der Waals surface area contributed by atoms with Gasteiger partial charge in [-0.25, -0.2) is 9.78 Å². The van der Waals surface area contributed by atoms with Gasteiger partial charge in [-0.2, -0.15) is 5.10 Å². The van der Waals surface area contributed by atoms with Gasteiger partial charge in [-0.3, -0.25) is 10.00 Å². The summed E-state index contributed by atoms with van der Waals surface area (Å²) in [7, 11) is 1.85. The Labute approximate surface area is 152 Å². The monoisotopic (exact) mass is 350 g/mol. The van der Waals surface area contributed by atoms with Crippen molar-refractivity contribution in [2.24, 2.45) is 7.05 Å².